The van der Waals surface area contributed by atoms with Crippen molar-refractivity contribution in [3.63, 3.8) is 0 Å². The molecule has 6 heterocycles. The maximum atomic E-state index is 12.7. The average Bonchev–Trinajstić information content (AvgIpc) is 1.11. The second-order valence-corrected chi connectivity index (χ2v) is 44.9. The number of halogens is 6. The molecule has 35 heteroatoms. The van der Waals surface area contributed by atoms with Crippen LogP contribution in [-0.4, -0.2) is 180 Å². The van der Waals surface area contributed by atoms with Crippen LogP contribution < -0.4 is 5.32 Å². The summed E-state index contributed by atoms with van der Waals surface area (Å²) in [7, 11) is -2.75. The van der Waals surface area contributed by atoms with Gasteiger partial charge in [0.2, 0.25) is 0 Å². The van der Waals surface area contributed by atoms with E-state index in [-0.39, 0.29) is 86.5 Å². The molecule has 8 bridgehead atoms. The molecule has 12 aliphatic carbocycles. The van der Waals surface area contributed by atoms with E-state index < -0.39 is 72.2 Å². The molecule has 0 radical (unpaired) electrons. The molecule has 0 saturated heterocycles. The number of amides is 4. The average molecular weight is 1850 g/mol. The molecular formula is C94H131F6N13O14S2. The Balaban J connectivity index is 0.000000161. The largest absolute Gasteiger partial charge is 0.444 e. The van der Waals surface area contributed by atoms with Crippen LogP contribution in [0.5, 0.6) is 0 Å². The van der Waals surface area contributed by atoms with Gasteiger partial charge in [-0.2, -0.15) is 58.5 Å². The number of alkyl halides is 6. The Kier molecular flexibility index (Phi) is 28.1. The van der Waals surface area contributed by atoms with Crippen molar-refractivity contribution in [3.8, 4) is 0 Å². The summed E-state index contributed by atoms with van der Waals surface area (Å²) in [6.07, 6.45) is 22.2. The first-order chi connectivity index (χ1) is 59.9. The van der Waals surface area contributed by atoms with Crippen molar-refractivity contribution in [2.24, 2.45) is 21.7 Å². The number of aromatic nitrogens is 9. The lowest BCUT2D eigenvalue weighted by atomic mass is 9.57. The highest BCUT2D eigenvalue weighted by atomic mass is 32.2. The van der Waals surface area contributed by atoms with Gasteiger partial charge in [0.25, 0.3) is 20.2 Å². The molecule has 12 aliphatic rings. The summed E-state index contributed by atoms with van der Waals surface area (Å²) >= 11 is 0. The maximum Gasteiger partial charge on any atom is 0.416 e. The maximum absolute atomic E-state index is 12.7. The molecule has 2 N–H and O–H groups in total. The summed E-state index contributed by atoms with van der Waals surface area (Å²) in [5, 5.41) is 23.0. The molecule has 0 spiro atoms. The molecule has 0 atom stereocenters. The Bertz CT molecular complexity index is 5480. The summed E-state index contributed by atoms with van der Waals surface area (Å²) in [5.74, 6) is 0. The first-order valence-corrected chi connectivity index (χ1v) is 47.5. The third-order valence-electron chi connectivity index (χ3n) is 28.4. The lowest BCUT2D eigenvalue weighted by Gasteiger charge is -2.56. The quantitative estimate of drug-likeness (QED) is 0.0515. The highest BCUT2D eigenvalue weighted by molar-refractivity contribution is 7.87. The monoisotopic (exact) mass is 1840 g/mol. The van der Waals surface area contributed by atoms with Crippen LogP contribution in [0, 0.1) is 42.4 Å². The van der Waals surface area contributed by atoms with Crippen LogP contribution in [0.15, 0.2) is 114 Å². The van der Waals surface area contributed by atoms with Crippen LogP contribution in [0.3, 0.4) is 0 Å². The number of nitrogens with zero attached hydrogens (tertiary/aromatic N) is 11. The Morgan fingerprint density at radius 3 is 1.12 bits per heavy atom. The molecule has 12 saturated carbocycles. The minimum atomic E-state index is -4.54. The molecule has 129 heavy (non-hydrogen) atoms. The van der Waals surface area contributed by atoms with Crippen LogP contribution in [-0.2, 0) is 73.0 Å². The minimum absolute atomic E-state index is 0. The first-order valence-electron chi connectivity index (χ1n) is 44.7. The van der Waals surface area contributed by atoms with Gasteiger partial charge < -0.3 is 39.0 Å². The second-order valence-electron chi connectivity index (χ2n) is 41.7. The van der Waals surface area contributed by atoms with Gasteiger partial charge in [0.15, 0.2) is 0 Å². The summed E-state index contributed by atoms with van der Waals surface area (Å²) in [4.78, 5) is 67.3. The van der Waals surface area contributed by atoms with Gasteiger partial charge in [-0.25, -0.2) is 19.2 Å². The molecule has 6 aromatic heterocycles. The van der Waals surface area contributed by atoms with Gasteiger partial charge in [-0.15, -0.1) is 0 Å². The van der Waals surface area contributed by atoms with Gasteiger partial charge in [-0.3, -0.25) is 37.8 Å². The van der Waals surface area contributed by atoms with Crippen LogP contribution in [0.4, 0.5) is 45.5 Å². The van der Waals surface area contributed by atoms with Crippen molar-refractivity contribution in [1.29, 1.82) is 0 Å². The number of H-pyrrole nitrogens is 1. The molecule has 20 rings (SSSR count). The molecule has 27 nitrogen and oxygen atoms in total. The molecule has 2 aromatic carbocycles. The van der Waals surface area contributed by atoms with E-state index in [0.717, 1.165) is 177 Å². The van der Waals surface area contributed by atoms with Crippen molar-refractivity contribution in [2.75, 3.05) is 34.4 Å². The Morgan fingerprint density at radius 1 is 0.426 bits per heavy atom. The standard InChI is InChI=1S/C22H30F3NO5S.2C22H32N4O2.C21H28F3NO5S.C7H7N3.H2/c1-19(2,3)31-18(27)26(4)21-12-9-20(10-13-21,11-14-21)15-30-32(28,29)17-7-5-16(6-8-17)22(23,24)25;1-16-17-14-23-13-6-18(17)24-26(16)15-21-7-10-22(11-8-21,12-9-21)25(5)19(27)28-20(2,3)4;1-16-17-14-23-13-6-18(17)26(24-16)15-21-7-10-22(11-8-21,12-9-21)25(5)19(27)28-20(2,3)4;1-18(2,3)30-17(26)25-20-11-8-19(9-12-20,10-13-20)14-29-31(27,28)16-6-4-15(5-7-16)21(22,23)24;1-5-6-4-8-3-2-7(6)10-9-5;/h5-8H,9-15H2,1-4H3;2*6,13-14H,7-12,15H2,1-5H3;4-7H,8-14H2,1-3H3,(H,25,26);2-4H,1H3,(H,9,10);1H. The van der Waals surface area contributed by atoms with Crippen LogP contribution in [0.2, 0.25) is 0 Å². The lowest BCUT2D eigenvalue weighted by Crippen LogP contribution is -2.58. The fourth-order valence-electron chi connectivity index (χ4n) is 20.0. The van der Waals surface area contributed by atoms with E-state index in [9.17, 15) is 62.4 Å². The highest BCUT2D eigenvalue weighted by Crippen LogP contribution is 2.59. The van der Waals surface area contributed by atoms with Crippen molar-refractivity contribution in [1.82, 2.24) is 64.7 Å². The van der Waals surface area contributed by atoms with Gasteiger partial charge >= 0.3 is 36.7 Å². The van der Waals surface area contributed by atoms with Gasteiger partial charge in [-0.05, 0) is 346 Å². The summed E-state index contributed by atoms with van der Waals surface area (Å²) in [6.45, 7) is 30.4. The van der Waals surface area contributed by atoms with E-state index in [1.54, 1.807) is 45.1 Å². The number of hydrogen-bond donors (Lipinski definition) is 2. The third kappa shape index (κ3) is 23.3. The van der Waals surface area contributed by atoms with Crippen molar-refractivity contribution in [2.45, 2.75) is 338 Å². The number of rotatable bonds is 16. The SMILES string of the molecule is CC(C)(C)OC(=O)NC12CCC(COS(=O)(=O)c3ccc(C(F)(F)F)cc3)(CC1)CC2.CN(C(=O)OC(C)(C)C)C12CCC(COS(=O)(=O)c3ccc(C(F)(F)F)cc3)(CC1)CC2.Cc1[nH]nc2ccncc12.Cc1c2cnccc2nn1CC12CCC(N(C)C(=O)OC(C)(C)C)(CC1)CC2.Cc1nn(CC23CCC(N(C)C(=O)OC(C)(C)C)(CC2)CC3)c2ccncc12.[HH]. The number of alkyl carbamates (subject to hydrolysis) is 1. The molecule has 12 fully saturated rings. The zero-order valence-electron chi connectivity index (χ0n) is 77.8. The topological polar surface area (TPSA) is 317 Å². The van der Waals surface area contributed by atoms with Gasteiger partial charge in [0.1, 0.15) is 22.4 Å². The van der Waals surface area contributed by atoms with Crippen LogP contribution >= 0.6 is 0 Å². The van der Waals surface area contributed by atoms with Gasteiger partial charge in [-0.1, -0.05) is 0 Å². The summed E-state index contributed by atoms with van der Waals surface area (Å²) in [6, 6.07) is 12.5. The van der Waals surface area contributed by atoms with E-state index >= 15 is 0 Å². The predicted octanol–water partition coefficient (Wildman–Crippen LogP) is 21.3. The number of pyridine rings is 3. The fraction of sp³-hybridized carbons (Fsp3) is 0.638. The van der Waals surface area contributed by atoms with E-state index in [1.165, 1.54) is 11.2 Å². The normalized spacial score (nSPS) is 25.5. The van der Waals surface area contributed by atoms with Crippen molar-refractivity contribution < 1.29 is 91.1 Å². The Morgan fingerprint density at radius 2 is 0.760 bits per heavy atom. The number of nitrogens with one attached hydrogen (secondary N) is 2. The Hall–Kier alpha value is -9.22. The van der Waals surface area contributed by atoms with E-state index in [1.807, 2.05) is 130 Å². The van der Waals surface area contributed by atoms with Crippen molar-refractivity contribution in [3.05, 3.63) is 132 Å². The molecular weight excluding hydrogens is 1710 g/mol. The van der Waals surface area contributed by atoms with Crippen molar-refractivity contribution >= 4 is 77.3 Å². The number of hydrogen-bond acceptors (Lipinski definition) is 20. The zero-order chi connectivity index (χ0) is 94.4. The molecule has 0 aliphatic heterocycles. The molecule has 8 aromatic rings. The number of aryl methyl sites for hydroxylation is 3. The number of aromatic amines is 1. The van der Waals surface area contributed by atoms with E-state index in [0.29, 0.717) is 77.0 Å². The number of carbonyl (C=O) groups excluding carboxylic acids is 4. The number of ether oxygens (including phenoxy) is 4. The van der Waals surface area contributed by atoms with E-state index in [4.69, 9.17) is 37.5 Å². The van der Waals surface area contributed by atoms with E-state index in [2.05, 4.69) is 59.7 Å². The van der Waals surface area contributed by atoms with Gasteiger partial charge in [0.05, 0.1) is 56.4 Å². The van der Waals surface area contributed by atoms with Gasteiger partial charge in [0, 0.05) is 123 Å². The molecule has 710 valence electrons. The number of carbonyl (C=O) groups is 4. The summed E-state index contributed by atoms with van der Waals surface area (Å²) in [5.41, 5.74) is 1.75. The smallest absolute Gasteiger partial charge is 0.416 e. The lowest BCUT2D eigenvalue weighted by molar-refractivity contribution is -0.138. The second kappa shape index (κ2) is 36.7. The van der Waals surface area contributed by atoms with Crippen LogP contribution in [0.1, 0.15) is 267 Å². The highest BCUT2D eigenvalue weighted by Gasteiger charge is 2.57. The number of fused-ring (bicyclic) bond motifs is 15. The molecule has 0 unspecified atom stereocenters. The minimum Gasteiger partial charge on any atom is -0.444 e. The number of benzene rings is 2. The predicted molar refractivity (Wildman–Crippen MR) is 477 cm³/mol. The zero-order valence-corrected chi connectivity index (χ0v) is 79.5. The first kappa shape index (κ1) is 98.8. The fourth-order valence-corrected chi connectivity index (χ4v) is 22.0. The Labute approximate surface area is 755 Å². The molecule has 4 amide bonds. The third-order valence-corrected chi connectivity index (χ3v) is 31.0. The van der Waals surface area contributed by atoms with Crippen LogP contribution in [0.25, 0.3) is 32.7 Å². The summed E-state index contributed by atoms with van der Waals surface area (Å²) < 4.78 is 163.